The predicted octanol–water partition coefficient (Wildman–Crippen LogP) is 1.28. The first-order valence-electron chi connectivity index (χ1n) is 3.18. The molecule has 0 aromatic carbocycles. The molecule has 0 heterocycles. The standard InChI is InChI=1S/C7H9ClO3/c1-3-6(8)11-7(10)5(2)4-9/h6H,3H2,1-2H3. The number of carbonyl (C=O) groups is 1. The highest BCUT2D eigenvalue weighted by molar-refractivity contribution is 6.20. The van der Waals surface area contributed by atoms with E-state index in [9.17, 15) is 9.59 Å². The van der Waals surface area contributed by atoms with Crippen molar-refractivity contribution in [2.75, 3.05) is 0 Å². The normalized spacial score (nSPS) is 11.5. The fraction of sp³-hybridized carbons (Fsp3) is 0.571. The molecule has 0 aromatic heterocycles. The Bertz CT molecular complexity index is 194. The number of hydrogen-bond donors (Lipinski definition) is 0. The van der Waals surface area contributed by atoms with Gasteiger partial charge in [-0.2, -0.15) is 0 Å². The lowest BCUT2D eigenvalue weighted by Crippen LogP contribution is -2.12. The van der Waals surface area contributed by atoms with E-state index in [1.54, 1.807) is 6.92 Å². The van der Waals surface area contributed by atoms with Crippen LogP contribution in [0, 0.1) is 0 Å². The molecule has 0 aliphatic carbocycles. The highest BCUT2D eigenvalue weighted by atomic mass is 35.5. The van der Waals surface area contributed by atoms with Crippen LogP contribution in [0.15, 0.2) is 5.57 Å². The molecule has 0 saturated heterocycles. The lowest BCUT2D eigenvalue weighted by Gasteiger charge is -2.06. The van der Waals surface area contributed by atoms with E-state index < -0.39 is 11.5 Å². The Morgan fingerprint density at radius 1 is 1.73 bits per heavy atom. The van der Waals surface area contributed by atoms with E-state index in [0.717, 1.165) is 0 Å². The summed E-state index contributed by atoms with van der Waals surface area (Å²) in [6.45, 7) is 3.10. The van der Waals surface area contributed by atoms with Gasteiger partial charge in [0.05, 0.1) is 0 Å². The molecule has 0 spiro atoms. The van der Waals surface area contributed by atoms with Crippen LogP contribution >= 0.6 is 11.6 Å². The van der Waals surface area contributed by atoms with Gasteiger partial charge in [-0.3, -0.25) is 0 Å². The fourth-order valence-corrected chi connectivity index (χ4v) is 0.410. The van der Waals surface area contributed by atoms with E-state index in [-0.39, 0.29) is 5.57 Å². The number of esters is 1. The van der Waals surface area contributed by atoms with Gasteiger partial charge < -0.3 is 4.74 Å². The van der Waals surface area contributed by atoms with Gasteiger partial charge in [-0.05, 0) is 13.3 Å². The Morgan fingerprint density at radius 2 is 2.27 bits per heavy atom. The molecule has 0 aliphatic rings. The zero-order valence-electron chi connectivity index (χ0n) is 6.39. The Kier molecular flexibility index (Phi) is 4.59. The third kappa shape index (κ3) is 3.81. The molecule has 0 saturated carbocycles. The number of alkyl halides is 1. The predicted molar refractivity (Wildman–Crippen MR) is 40.9 cm³/mol. The van der Waals surface area contributed by atoms with E-state index in [4.69, 9.17) is 11.6 Å². The average molecular weight is 177 g/mol. The number of halogens is 1. The van der Waals surface area contributed by atoms with E-state index in [1.165, 1.54) is 12.9 Å². The summed E-state index contributed by atoms with van der Waals surface area (Å²) in [5, 5.41) is 0. The van der Waals surface area contributed by atoms with Crippen molar-refractivity contribution in [1.29, 1.82) is 0 Å². The van der Waals surface area contributed by atoms with Crippen LogP contribution in [0.1, 0.15) is 20.3 Å². The SMILES string of the molecule is CCC(Cl)OC(=O)C(C)=C=O. The molecule has 0 N–H and O–H groups in total. The largest absolute Gasteiger partial charge is 0.442 e. The highest BCUT2D eigenvalue weighted by Gasteiger charge is 2.11. The Hall–Kier alpha value is -0.790. The minimum atomic E-state index is -0.707. The number of carbonyl (C=O) groups excluding carboxylic acids is 2. The van der Waals surface area contributed by atoms with Gasteiger partial charge in [0.15, 0.2) is 5.56 Å². The van der Waals surface area contributed by atoms with Crippen molar-refractivity contribution < 1.29 is 14.3 Å². The third-order valence-corrected chi connectivity index (χ3v) is 1.41. The smallest absolute Gasteiger partial charge is 0.346 e. The van der Waals surface area contributed by atoms with E-state index >= 15 is 0 Å². The van der Waals surface area contributed by atoms with Crippen LogP contribution in [-0.2, 0) is 14.3 Å². The molecule has 4 heteroatoms. The van der Waals surface area contributed by atoms with Crippen molar-refractivity contribution in [2.45, 2.75) is 25.8 Å². The lowest BCUT2D eigenvalue weighted by atomic mass is 10.3. The van der Waals surface area contributed by atoms with Gasteiger partial charge in [-0.25, -0.2) is 9.59 Å². The first kappa shape index (κ1) is 10.2. The first-order valence-corrected chi connectivity index (χ1v) is 3.62. The van der Waals surface area contributed by atoms with Crippen molar-refractivity contribution in [3.8, 4) is 0 Å². The van der Waals surface area contributed by atoms with Crippen LogP contribution in [0.25, 0.3) is 0 Å². The summed E-state index contributed by atoms with van der Waals surface area (Å²) in [5.74, 6) is 0.721. The maximum atomic E-state index is 10.7. The molecule has 11 heavy (non-hydrogen) atoms. The molecule has 0 bridgehead atoms. The molecule has 0 rings (SSSR count). The number of ether oxygens (including phenoxy) is 1. The molecule has 1 atom stereocenters. The van der Waals surface area contributed by atoms with E-state index in [2.05, 4.69) is 4.74 Å². The zero-order valence-corrected chi connectivity index (χ0v) is 7.14. The van der Waals surface area contributed by atoms with Crippen LogP contribution in [0.2, 0.25) is 0 Å². The van der Waals surface area contributed by atoms with Crippen LogP contribution in [-0.4, -0.2) is 17.5 Å². The van der Waals surface area contributed by atoms with Crippen LogP contribution in [0.4, 0.5) is 0 Å². The minimum absolute atomic E-state index is 0.0934. The van der Waals surface area contributed by atoms with Gasteiger partial charge in [0.2, 0.25) is 0 Å². The Labute approximate surface area is 70.0 Å². The second-order valence-electron chi connectivity index (χ2n) is 1.95. The molecule has 0 aromatic rings. The van der Waals surface area contributed by atoms with Gasteiger partial charge in [-0.15, -0.1) is 0 Å². The summed E-state index contributed by atoms with van der Waals surface area (Å²) < 4.78 is 4.58. The molecule has 1 unspecified atom stereocenters. The maximum absolute atomic E-state index is 10.7. The lowest BCUT2D eigenvalue weighted by molar-refractivity contribution is -0.140. The summed E-state index contributed by atoms with van der Waals surface area (Å²) >= 11 is 5.47. The van der Waals surface area contributed by atoms with Crippen LogP contribution < -0.4 is 0 Å². The van der Waals surface area contributed by atoms with Crippen molar-refractivity contribution in [3.05, 3.63) is 5.57 Å². The maximum Gasteiger partial charge on any atom is 0.346 e. The van der Waals surface area contributed by atoms with Crippen LogP contribution in [0.3, 0.4) is 0 Å². The van der Waals surface area contributed by atoms with Crippen molar-refractivity contribution in [2.24, 2.45) is 0 Å². The highest BCUT2D eigenvalue weighted by Crippen LogP contribution is 2.05. The van der Waals surface area contributed by atoms with Gasteiger partial charge in [0, 0.05) is 0 Å². The molecule has 62 valence electrons. The molecule has 0 aliphatic heterocycles. The summed E-state index contributed by atoms with van der Waals surface area (Å²) in [7, 11) is 0. The molecule has 0 radical (unpaired) electrons. The monoisotopic (exact) mass is 176 g/mol. The molecule has 0 fully saturated rings. The first-order chi connectivity index (χ1) is 5.11. The minimum Gasteiger partial charge on any atom is -0.442 e. The number of rotatable bonds is 3. The molecule has 3 nitrogen and oxygen atoms in total. The van der Waals surface area contributed by atoms with Gasteiger partial charge in [0.1, 0.15) is 11.5 Å². The Morgan fingerprint density at radius 3 is 2.64 bits per heavy atom. The van der Waals surface area contributed by atoms with Crippen molar-refractivity contribution in [3.63, 3.8) is 0 Å². The fourth-order valence-electron chi connectivity index (χ4n) is 0.330. The summed E-state index contributed by atoms with van der Waals surface area (Å²) in [6.07, 6.45) is 0.513. The second kappa shape index (κ2) is 4.94. The zero-order chi connectivity index (χ0) is 8.85. The summed E-state index contributed by atoms with van der Waals surface area (Å²) in [5.41, 5.74) is -0.755. The summed E-state index contributed by atoms with van der Waals surface area (Å²) in [6, 6.07) is 0. The number of hydrogen-bond acceptors (Lipinski definition) is 3. The summed E-state index contributed by atoms with van der Waals surface area (Å²) in [4.78, 5) is 20.6. The third-order valence-electron chi connectivity index (χ3n) is 1.02. The van der Waals surface area contributed by atoms with Gasteiger partial charge in [-0.1, -0.05) is 18.5 Å². The molecule has 0 amide bonds. The average Bonchev–Trinajstić information content (AvgIpc) is 2.02. The van der Waals surface area contributed by atoms with E-state index in [1.807, 2.05) is 0 Å². The molecular weight excluding hydrogens is 168 g/mol. The van der Waals surface area contributed by atoms with Gasteiger partial charge >= 0.3 is 5.97 Å². The quantitative estimate of drug-likeness (QED) is 0.282. The molecular formula is C7H9ClO3. The Balaban J connectivity index is 3.98. The van der Waals surface area contributed by atoms with Crippen molar-refractivity contribution >= 4 is 23.5 Å². The topological polar surface area (TPSA) is 43.4 Å². The van der Waals surface area contributed by atoms with Gasteiger partial charge in [0.25, 0.3) is 0 Å². The second-order valence-corrected chi connectivity index (χ2v) is 2.44. The van der Waals surface area contributed by atoms with Crippen LogP contribution in [0.5, 0.6) is 0 Å². The van der Waals surface area contributed by atoms with Crippen molar-refractivity contribution in [1.82, 2.24) is 0 Å². The van der Waals surface area contributed by atoms with E-state index in [0.29, 0.717) is 6.42 Å².